The SMILES string of the molecule is CCc1c(C(=O)Nc2cccc(OCc3cccc(C#N)c3)c2)[nH]c(C)c1C(C)=O. The van der Waals surface area contributed by atoms with Gasteiger partial charge in [-0.05, 0) is 55.7 Å². The van der Waals surface area contributed by atoms with E-state index in [1.54, 1.807) is 43.3 Å². The molecule has 0 atom stereocenters. The summed E-state index contributed by atoms with van der Waals surface area (Å²) >= 11 is 0. The number of nitrogens with zero attached hydrogens (tertiary/aromatic N) is 1. The highest BCUT2D eigenvalue weighted by Crippen LogP contribution is 2.23. The Morgan fingerprint density at radius 1 is 1.17 bits per heavy atom. The number of hydrogen-bond donors (Lipinski definition) is 2. The molecule has 0 saturated heterocycles. The predicted octanol–water partition coefficient (Wildman–Crippen LogP) is 4.79. The summed E-state index contributed by atoms with van der Waals surface area (Å²) in [6.07, 6.45) is 0.576. The van der Waals surface area contributed by atoms with Crippen molar-refractivity contribution in [1.29, 1.82) is 5.26 Å². The van der Waals surface area contributed by atoms with Crippen molar-refractivity contribution in [2.75, 3.05) is 5.32 Å². The van der Waals surface area contributed by atoms with Gasteiger partial charge < -0.3 is 15.0 Å². The number of amides is 1. The number of carbonyl (C=O) groups excluding carboxylic acids is 2. The number of nitrogens with one attached hydrogen (secondary N) is 2. The van der Waals surface area contributed by atoms with Crippen molar-refractivity contribution < 1.29 is 14.3 Å². The molecule has 0 unspecified atom stereocenters. The quantitative estimate of drug-likeness (QED) is 0.557. The van der Waals surface area contributed by atoms with Crippen molar-refractivity contribution >= 4 is 17.4 Å². The molecule has 30 heavy (non-hydrogen) atoms. The third kappa shape index (κ3) is 4.58. The van der Waals surface area contributed by atoms with Crippen LogP contribution in [0.15, 0.2) is 48.5 Å². The van der Waals surface area contributed by atoms with Crippen LogP contribution in [0.5, 0.6) is 5.75 Å². The minimum Gasteiger partial charge on any atom is -0.489 e. The number of Topliss-reactive ketones (excluding diaryl/α,β-unsaturated/α-hetero) is 1. The Bertz CT molecular complexity index is 1140. The summed E-state index contributed by atoms with van der Waals surface area (Å²) in [6, 6.07) is 16.4. The van der Waals surface area contributed by atoms with Crippen LogP contribution < -0.4 is 10.1 Å². The zero-order valence-corrected chi connectivity index (χ0v) is 17.2. The number of rotatable bonds is 7. The molecule has 1 heterocycles. The maximum atomic E-state index is 12.8. The average Bonchev–Trinajstić information content (AvgIpc) is 3.09. The first-order valence-corrected chi connectivity index (χ1v) is 9.68. The Kier molecular flexibility index (Phi) is 6.33. The Morgan fingerprint density at radius 2 is 1.93 bits per heavy atom. The van der Waals surface area contributed by atoms with Crippen molar-refractivity contribution in [2.45, 2.75) is 33.8 Å². The smallest absolute Gasteiger partial charge is 0.272 e. The monoisotopic (exact) mass is 401 g/mol. The summed E-state index contributed by atoms with van der Waals surface area (Å²) in [7, 11) is 0. The number of hydrogen-bond acceptors (Lipinski definition) is 4. The Labute approximate surface area is 175 Å². The lowest BCUT2D eigenvalue weighted by atomic mass is 10.0. The van der Waals surface area contributed by atoms with Crippen LogP contribution in [0.25, 0.3) is 0 Å². The van der Waals surface area contributed by atoms with E-state index >= 15 is 0 Å². The number of anilines is 1. The van der Waals surface area contributed by atoms with E-state index in [1.165, 1.54) is 6.92 Å². The third-order valence-corrected chi connectivity index (χ3v) is 4.78. The molecule has 3 aromatic rings. The van der Waals surface area contributed by atoms with Gasteiger partial charge in [0.15, 0.2) is 5.78 Å². The lowest BCUT2D eigenvalue weighted by molar-refractivity contribution is 0.101. The first kappa shape index (κ1) is 20.9. The van der Waals surface area contributed by atoms with E-state index in [0.29, 0.717) is 47.0 Å². The van der Waals surface area contributed by atoms with E-state index in [0.717, 1.165) is 11.1 Å². The number of aryl methyl sites for hydroxylation is 1. The molecule has 6 nitrogen and oxygen atoms in total. The summed E-state index contributed by atoms with van der Waals surface area (Å²) < 4.78 is 5.81. The first-order chi connectivity index (χ1) is 14.4. The van der Waals surface area contributed by atoms with E-state index in [1.807, 2.05) is 19.1 Å². The van der Waals surface area contributed by atoms with Gasteiger partial charge in [-0.25, -0.2) is 0 Å². The first-order valence-electron chi connectivity index (χ1n) is 9.68. The summed E-state index contributed by atoms with van der Waals surface area (Å²) in [6.45, 7) is 5.53. The van der Waals surface area contributed by atoms with Gasteiger partial charge in [-0.15, -0.1) is 0 Å². The van der Waals surface area contributed by atoms with Gasteiger partial charge in [0.05, 0.1) is 11.6 Å². The molecule has 0 aliphatic heterocycles. The Balaban J connectivity index is 1.74. The fourth-order valence-corrected chi connectivity index (χ4v) is 3.46. The normalized spacial score (nSPS) is 10.3. The highest BCUT2D eigenvalue weighted by molar-refractivity contribution is 6.07. The molecule has 0 aliphatic carbocycles. The van der Waals surface area contributed by atoms with Crippen molar-refractivity contribution in [3.8, 4) is 11.8 Å². The Morgan fingerprint density at radius 3 is 2.63 bits per heavy atom. The molecule has 6 heteroatoms. The summed E-state index contributed by atoms with van der Waals surface area (Å²) in [5.74, 6) is 0.231. The molecule has 1 amide bonds. The lowest BCUT2D eigenvalue weighted by Gasteiger charge is -2.10. The molecule has 0 aliphatic rings. The van der Waals surface area contributed by atoms with Crippen LogP contribution in [0.4, 0.5) is 5.69 Å². The maximum absolute atomic E-state index is 12.8. The van der Waals surface area contributed by atoms with Crippen molar-refractivity contribution in [2.24, 2.45) is 0 Å². The van der Waals surface area contributed by atoms with E-state index in [2.05, 4.69) is 16.4 Å². The molecule has 3 rings (SSSR count). The number of carbonyl (C=O) groups is 2. The number of aromatic nitrogens is 1. The van der Waals surface area contributed by atoms with Gasteiger partial charge in [-0.2, -0.15) is 5.26 Å². The molecular weight excluding hydrogens is 378 g/mol. The fourth-order valence-electron chi connectivity index (χ4n) is 3.46. The van der Waals surface area contributed by atoms with Gasteiger partial charge in [0.25, 0.3) is 5.91 Å². The van der Waals surface area contributed by atoms with E-state index in [-0.39, 0.29) is 11.7 Å². The minimum atomic E-state index is -0.304. The Hall–Kier alpha value is -3.85. The third-order valence-electron chi connectivity index (χ3n) is 4.78. The summed E-state index contributed by atoms with van der Waals surface area (Å²) in [5, 5.41) is 11.9. The van der Waals surface area contributed by atoms with Gasteiger partial charge in [0, 0.05) is 23.0 Å². The van der Waals surface area contributed by atoms with Crippen molar-refractivity contribution in [3.05, 3.63) is 82.2 Å². The predicted molar refractivity (Wildman–Crippen MR) is 115 cm³/mol. The zero-order chi connectivity index (χ0) is 21.7. The maximum Gasteiger partial charge on any atom is 0.272 e. The molecule has 2 N–H and O–H groups in total. The number of nitriles is 1. The van der Waals surface area contributed by atoms with Crippen LogP contribution in [0.3, 0.4) is 0 Å². The standard InChI is InChI=1S/C24H23N3O3/c1-4-21-22(16(3)28)15(2)26-23(21)24(29)27-19-9-6-10-20(12-19)30-14-18-8-5-7-17(11-18)13-25/h5-12,26H,4,14H2,1-3H3,(H,27,29). The molecule has 1 aromatic heterocycles. The molecular formula is C24H23N3O3. The zero-order valence-electron chi connectivity index (χ0n) is 17.2. The van der Waals surface area contributed by atoms with Gasteiger partial charge in [0.1, 0.15) is 18.1 Å². The van der Waals surface area contributed by atoms with Crippen LogP contribution in [-0.2, 0) is 13.0 Å². The van der Waals surface area contributed by atoms with Gasteiger partial charge in [-0.1, -0.05) is 25.1 Å². The number of H-pyrrole nitrogens is 1. The number of benzene rings is 2. The van der Waals surface area contributed by atoms with Crippen LogP contribution in [-0.4, -0.2) is 16.7 Å². The second kappa shape index (κ2) is 9.10. The molecule has 152 valence electrons. The fraction of sp³-hybridized carbons (Fsp3) is 0.208. The number of aromatic amines is 1. The number of ketones is 1. The van der Waals surface area contributed by atoms with Crippen molar-refractivity contribution in [3.63, 3.8) is 0 Å². The molecule has 0 spiro atoms. The average molecular weight is 401 g/mol. The summed E-state index contributed by atoms with van der Waals surface area (Å²) in [4.78, 5) is 27.8. The molecule has 0 radical (unpaired) electrons. The second-order valence-corrected chi connectivity index (χ2v) is 6.97. The largest absolute Gasteiger partial charge is 0.489 e. The van der Waals surface area contributed by atoms with Crippen LogP contribution in [0.2, 0.25) is 0 Å². The van der Waals surface area contributed by atoms with E-state index in [4.69, 9.17) is 10.00 Å². The number of ether oxygens (including phenoxy) is 1. The lowest BCUT2D eigenvalue weighted by Crippen LogP contribution is -2.14. The van der Waals surface area contributed by atoms with Crippen molar-refractivity contribution in [1.82, 2.24) is 4.98 Å². The topological polar surface area (TPSA) is 95.0 Å². The van der Waals surface area contributed by atoms with Crippen LogP contribution in [0.1, 0.15) is 57.1 Å². The van der Waals surface area contributed by atoms with E-state index in [9.17, 15) is 9.59 Å². The summed E-state index contributed by atoms with van der Waals surface area (Å²) in [5.41, 5.74) is 4.45. The van der Waals surface area contributed by atoms with E-state index < -0.39 is 0 Å². The van der Waals surface area contributed by atoms with Gasteiger partial charge in [-0.3, -0.25) is 9.59 Å². The van der Waals surface area contributed by atoms with Crippen LogP contribution in [0, 0.1) is 18.3 Å². The highest BCUT2D eigenvalue weighted by Gasteiger charge is 2.21. The molecule has 0 fully saturated rings. The van der Waals surface area contributed by atoms with Gasteiger partial charge >= 0.3 is 0 Å². The molecule has 0 bridgehead atoms. The minimum absolute atomic E-state index is 0.0597. The molecule has 2 aromatic carbocycles. The van der Waals surface area contributed by atoms with Crippen LogP contribution >= 0.6 is 0 Å². The van der Waals surface area contributed by atoms with Gasteiger partial charge in [0.2, 0.25) is 0 Å². The highest BCUT2D eigenvalue weighted by atomic mass is 16.5. The second-order valence-electron chi connectivity index (χ2n) is 6.97. The molecule has 0 saturated carbocycles.